The van der Waals surface area contributed by atoms with E-state index in [0.717, 1.165) is 5.56 Å². The van der Waals surface area contributed by atoms with Gasteiger partial charge in [-0.05, 0) is 47.9 Å². The predicted octanol–water partition coefficient (Wildman–Crippen LogP) is 5.35. The van der Waals surface area contributed by atoms with Crippen LogP contribution in [0.4, 0.5) is 0 Å². The van der Waals surface area contributed by atoms with Gasteiger partial charge in [-0.2, -0.15) is 0 Å². The maximum atomic E-state index is 13.1. The van der Waals surface area contributed by atoms with Crippen LogP contribution in [0.3, 0.4) is 0 Å². The van der Waals surface area contributed by atoms with E-state index in [-0.39, 0.29) is 30.3 Å². The van der Waals surface area contributed by atoms with E-state index >= 15 is 0 Å². The van der Waals surface area contributed by atoms with Crippen LogP contribution in [0.25, 0.3) is 0 Å². The van der Waals surface area contributed by atoms with Crippen molar-refractivity contribution in [2.75, 3.05) is 28.4 Å². The second-order valence-electron chi connectivity index (χ2n) is 7.53. The minimum absolute atomic E-state index is 0.0767. The number of methoxy groups -OCH3 is 4. The van der Waals surface area contributed by atoms with Gasteiger partial charge in [0.15, 0.2) is 23.1 Å². The lowest BCUT2D eigenvalue weighted by atomic mass is 9.86. The molecule has 0 aromatic heterocycles. The first-order valence-corrected chi connectivity index (χ1v) is 10.6. The number of benzene rings is 3. The van der Waals surface area contributed by atoms with E-state index in [1.165, 1.54) is 0 Å². The number of carbonyl (C=O) groups excluding carboxylic acids is 2. The molecule has 3 aromatic rings. The van der Waals surface area contributed by atoms with Gasteiger partial charge in [0, 0.05) is 24.0 Å². The van der Waals surface area contributed by atoms with Gasteiger partial charge in [0.1, 0.15) is 11.5 Å². The van der Waals surface area contributed by atoms with E-state index in [1.54, 1.807) is 83.0 Å². The molecule has 0 heterocycles. The second kappa shape index (κ2) is 11.2. The molecular formula is C27H28O6. The van der Waals surface area contributed by atoms with Crippen molar-refractivity contribution < 1.29 is 28.5 Å². The van der Waals surface area contributed by atoms with E-state index in [4.69, 9.17) is 18.9 Å². The molecule has 0 bridgehead atoms. The highest BCUT2D eigenvalue weighted by Gasteiger charge is 2.23. The summed E-state index contributed by atoms with van der Waals surface area (Å²) in [7, 11) is 6.23. The van der Waals surface area contributed by atoms with Crippen molar-refractivity contribution in [3.05, 3.63) is 83.4 Å². The molecule has 0 aliphatic rings. The van der Waals surface area contributed by atoms with Gasteiger partial charge in [-0.25, -0.2) is 0 Å². The number of ether oxygens (including phenoxy) is 4. The molecule has 0 saturated carbocycles. The third-order valence-electron chi connectivity index (χ3n) is 5.53. The molecule has 3 aromatic carbocycles. The van der Waals surface area contributed by atoms with Crippen molar-refractivity contribution >= 4 is 11.6 Å². The van der Waals surface area contributed by atoms with E-state index < -0.39 is 0 Å². The number of hydrogen-bond acceptors (Lipinski definition) is 6. The predicted molar refractivity (Wildman–Crippen MR) is 126 cm³/mol. The van der Waals surface area contributed by atoms with Crippen LogP contribution in [0.1, 0.15) is 45.0 Å². The summed E-state index contributed by atoms with van der Waals surface area (Å²) in [5, 5.41) is 0. The fraction of sp³-hybridized carbons (Fsp3) is 0.259. The summed E-state index contributed by atoms with van der Waals surface area (Å²) < 4.78 is 21.3. The maximum absolute atomic E-state index is 13.1. The summed E-state index contributed by atoms with van der Waals surface area (Å²) in [5.74, 6) is 1.83. The van der Waals surface area contributed by atoms with E-state index in [9.17, 15) is 9.59 Å². The number of rotatable bonds is 11. The summed E-state index contributed by atoms with van der Waals surface area (Å²) >= 11 is 0. The summed E-state index contributed by atoms with van der Waals surface area (Å²) in [4.78, 5) is 26.3. The number of carbonyl (C=O) groups is 2. The Labute approximate surface area is 194 Å². The average Bonchev–Trinajstić information content (AvgIpc) is 2.87. The van der Waals surface area contributed by atoms with Crippen molar-refractivity contribution in [1.29, 1.82) is 0 Å². The fourth-order valence-corrected chi connectivity index (χ4v) is 3.69. The molecule has 0 aliphatic carbocycles. The van der Waals surface area contributed by atoms with Gasteiger partial charge in [0.05, 0.1) is 28.4 Å². The third kappa shape index (κ3) is 5.92. The summed E-state index contributed by atoms with van der Waals surface area (Å²) in [6.07, 6.45) is 0.302. The Morgan fingerprint density at radius 2 is 1.15 bits per heavy atom. The molecular weight excluding hydrogens is 420 g/mol. The Bertz CT molecular complexity index is 1060. The molecule has 0 N–H and O–H groups in total. The first-order chi connectivity index (χ1) is 16.0. The SMILES string of the molecule is COc1cccc(C(=O)CC(CC(=O)c2cccc(OC)c2)c2ccc(OC)c(OC)c2)c1. The zero-order chi connectivity index (χ0) is 23.8. The van der Waals surface area contributed by atoms with Crippen LogP contribution in [0.15, 0.2) is 66.7 Å². The standard InChI is InChI=1S/C27H28O6/c1-30-22-9-5-7-19(13-22)24(28)15-21(18-11-12-26(32-3)27(17-18)33-4)16-25(29)20-8-6-10-23(14-20)31-2/h5-14,17,21H,15-16H2,1-4H3. The Morgan fingerprint density at radius 1 is 0.636 bits per heavy atom. The highest BCUT2D eigenvalue weighted by atomic mass is 16.5. The number of hydrogen-bond donors (Lipinski definition) is 0. The topological polar surface area (TPSA) is 71.1 Å². The highest BCUT2D eigenvalue weighted by molar-refractivity contribution is 5.99. The molecule has 0 spiro atoms. The Hall–Kier alpha value is -3.80. The van der Waals surface area contributed by atoms with Crippen molar-refractivity contribution in [2.24, 2.45) is 0 Å². The smallest absolute Gasteiger partial charge is 0.163 e. The molecule has 33 heavy (non-hydrogen) atoms. The largest absolute Gasteiger partial charge is 0.497 e. The first-order valence-electron chi connectivity index (χ1n) is 10.6. The van der Waals surface area contributed by atoms with E-state index in [2.05, 4.69) is 0 Å². The zero-order valence-corrected chi connectivity index (χ0v) is 19.3. The van der Waals surface area contributed by atoms with Crippen molar-refractivity contribution in [2.45, 2.75) is 18.8 Å². The summed E-state index contributed by atoms with van der Waals surface area (Å²) in [6.45, 7) is 0. The molecule has 0 aliphatic heterocycles. The molecule has 0 saturated heterocycles. The lowest BCUT2D eigenvalue weighted by Gasteiger charge is -2.19. The Kier molecular flexibility index (Phi) is 8.08. The molecule has 0 atom stereocenters. The molecule has 6 nitrogen and oxygen atoms in total. The van der Waals surface area contributed by atoms with Crippen LogP contribution in [0, 0.1) is 0 Å². The Morgan fingerprint density at radius 3 is 1.61 bits per heavy atom. The molecule has 6 heteroatoms. The van der Waals surface area contributed by atoms with Gasteiger partial charge in [-0.1, -0.05) is 30.3 Å². The van der Waals surface area contributed by atoms with Gasteiger partial charge < -0.3 is 18.9 Å². The van der Waals surface area contributed by atoms with Gasteiger partial charge in [0.2, 0.25) is 0 Å². The van der Waals surface area contributed by atoms with Gasteiger partial charge in [-0.15, -0.1) is 0 Å². The van der Waals surface area contributed by atoms with Gasteiger partial charge in [0.25, 0.3) is 0 Å². The van der Waals surface area contributed by atoms with Gasteiger partial charge >= 0.3 is 0 Å². The number of ketones is 2. The normalized spacial score (nSPS) is 10.6. The maximum Gasteiger partial charge on any atom is 0.163 e. The van der Waals surface area contributed by atoms with Crippen LogP contribution >= 0.6 is 0 Å². The summed E-state index contributed by atoms with van der Waals surface area (Å²) in [6, 6.07) is 19.5. The highest BCUT2D eigenvalue weighted by Crippen LogP contribution is 2.35. The van der Waals surface area contributed by atoms with Crippen molar-refractivity contribution in [1.82, 2.24) is 0 Å². The quantitative estimate of drug-likeness (QED) is 0.368. The zero-order valence-electron chi connectivity index (χ0n) is 19.3. The minimum Gasteiger partial charge on any atom is -0.497 e. The number of Topliss-reactive ketones (excluding diaryl/α,β-unsaturated/α-hetero) is 2. The lowest BCUT2D eigenvalue weighted by Crippen LogP contribution is -2.13. The van der Waals surface area contributed by atoms with Crippen LogP contribution < -0.4 is 18.9 Å². The van der Waals surface area contributed by atoms with E-state index in [1.807, 2.05) is 12.1 Å². The molecule has 0 unspecified atom stereocenters. The average molecular weight is 449 g/mol. The monoisotopic (exact) mass is 448 g/mol. The van der Waals surface area contributed by atoms with Crippen LogP contribution in [-0.4, -0.2) is 40.0 Å². The van der Waals surface area contributed by atoms with Crippen molar-refractivity contribution in [3.63, 3.8) is 0 Å². The van der Waals surface area contributed by atoms with Gasteiger partial charge in [-0.3, -0.25) is 9.59 Å². The molecule has 0 fully saturated rings. The Balaban J connectivity index is 1.93. The van der Waals surface area contributed by atoms with Crippen LogP contribution in [-0.2, 0) is 0 Å². The van der Waals surface area contributed by atoms with E-state index in [0.29, 0.717) is 34.1 Å². The molecule has 0 amide bonds. The third-order valence-corrected chi connectivity index (χ3v) is 5.53. The fourth-order valence-electron chi connectivity index (χ4n) is 3.69. The summed E-state index contributed by atoms with van der Waals surface area (Å²) in [5.41, 5.74) is 1.89. The first kappa shape index (κ1) is 23.9. The second-order valence-corrected chi connectivity index (χ2v) is 7.53. The van der Waals surface area contributed by atoms with Crippen LogP contribution in [0.5, 0.6) is 23.0 Å². The molecule has 0 radical (unpaired) electrons. The lowest BCUT2D eigenvalue weighted by molar-refractivity contribution is 0.0944. The minimum atomic E-state index is -0.359. The molecule has 172 valence electrons. The van der Waals surface area contributed by atoms with Crippen molar-refractivity contribution in [3.8, 4) is 23.0 Å². The van der Waals surface area contributed by atoms with Crippen LogP contribution in [0.2, 0.25) is 0 Å². The molecule has 3 rings (SSSR count).